The normalized spacial score (nSPS) is 18.2. The summed E-state index contributed by atoms with van der Waals surface area (Å²) in [6.45, 7) is 10.2. The molecule has 1 aliphatic heterocycles. The van der Waals surface area contributed by atoms with Crippen LogP contribution in [0.4, 0.5) is 5.82 Å². The van der Waals surface area contributed by atoms with Crippen LogP contribution in [0.25, 0.3) is 0 Å². The molecule has 0 bridgehead atoms. The molecule has 1 fully saturated rings. The second-order valence-electron chi connectivity index (χ2n) is 5.47. The number of nitrogens with two attached hydrogens (primary N) is 1. The molecule has 20 heavy (non-hydrogen) atoms. The first-order chi connectivity index (χ1) is 9.65. The molecule has 0 amide bonds. The van der Waals surface area contributed by atoms with E-state index >= 15 is 0 Å². The van der Waals surface area contributed by atoms with E-state index < -0.39 is 0 Å². The average Bonchev–Trinajstić information content (AvgIpc) is 2.48. The third-order valence-electron chi connectivity index (χ3n) is 3.88. The lowest BCUT2D eigenvalue weighted by Crippen LogP contribution is -2.50. The summed E-state index contributed by atoms with van der Waals surface area (Å²) in [5.74, 6) is 1.11. The molecule has 0 saturated carbocycles. The van der Waals surface area contributed by atoms with E-state index in [0.29, 0.717) is 18.3 Å². The molecule has 2 N–H and O–H groups in total. The van der Waals surface area contributed by atoms with Gasteiger partial charge in [0.25, 0.3) is 5.56 Å². The molecule has 0 aliphatic carbocycles. The molecule has 1 aromatic rings. The van der Waals surface area contributed by atoms with E-state index in [4.69, 9.17) is 5.73 Å². The Kier molecular flexibility index (Phi) is 5.14. The molecular weight excluding hydrogens is 254 g/mol. The van der Waals surface area contributed by atoms with Crippen molar-refractivity contribution in [3.63, 3.8) is 0 Å². The van der Waals surface area contributed by atoms with Crippen LogP contribution in [0, 0.1) is 5.92 Å². The summed E-state index contributed by atoms with van der Waals surface area (Å²) < 4.78 is 1.70. The monoisotopic (exact) mass is 279 g/mol. The lowest BCUT2D eigenvalue weighted by Gasteiger charge is -2.36. The maximum Gasteiger partial charge on any atom is 0.293 e. The van der Waals surface area contributed by atoms with E-state index in [1.54, 1.807) is 17.0 Å². The standard InChI is InChI=1S/C14H25N5O/c1-3-18-5-4-16-13(14(18)20)19-8-6-17(7-9-19)11-12(2)10-15/h4-5,12H,3,6-11,15H2,1-2H3. The predicted octanol–water partition coefficient (Wildman–Crippen LogP) is -0.0200. The molecule has 1 saturated heterocycles. The number of hydrogen-bond acceptors (Lipinski definition) is 5. The van der Waals surface area contributed by atoms with Crippen LogP contribution in [0.1, 0.15) is 13.8 Å². The van der Waals surface area contributed by atoms with Crippen molar-refractivity contribution in [3.8, 4) is 0 Å². The highest BCUT2D eigenvalue weighted by atomic mass is 16.1. The van der Waals surface area contributed by atoms with Crippen molar-refractivity contribution >= 4 is 5.82 Å². The molecule has 112 valence electrons. The van der Waals surface area contributed by atoms with Gasteiger partial charge in [-0.15, -0.1) is 0 Å². The molecule has 1 atom stereocenters. The van der Waals surface area contributed by atoms with Crippen molar-refractivity contribution in [3.05, 3.63) is 22.7 Å². The molecule has 6 heteroatoms. The van der Waals surface area contributed by atoms with E-state index in [0.717, 1.165) is 39.3 Å². The summed E-state index contributed by atoms with van der Waals surface area (Å²) in [5.41, 5.74) is 5.68. The summed E-state index contributed by atoms with van der Waals surface area (Å²) >= 11 is 0. The Morgan fingerprint density at radius 3 is 2.65 bits per heavy atom. The summed E-state index contributed by atoms with van der Waals surface area (Å²) in [7, 11) is 0. The Hall–Kier alpha value is -1.40. The molecule has 0 spiro atoms. The first-order valence-electron chi connectivity index (χ1n) is 7.38. The molecule has 6 nitrogen and oxygen atoms in total. The van der Waals surface area contributed by atoms with Crippen molar-refractivity contribution in [2.24, 2.45) is 11.7 Å². The zero-order valence-corrected chi connectivity index (χ0v) is 12.5. The summed E-state index contributed by atoms with van der Waals surface area (Å²) in [6, 6.07) is 0. The minimum atomic E-state index is 0.0128. The van der Waals surface area contributed by atoms with Gasteiger partial charge in [0.2, 0.25) is 0 Å². The minimum Gasteiger partial charge on any atom is -0.349 e. The summed E-state index contributed by atoms with van der Waals surface area (Å²) in [5, 5.41) is 0. The molecule has 1 aliphatic rings. The van der Waals surface area contributed by atoms with E-state index in [1.165, 1.54) is 0 Å². The maximum atomic E-state index is 12.2. The third-order valence-corrected chi connectivity index (χ3v) is 3.88. The number of aryl methyl sites for hydroxylation is 1. The maximum absolute atomic E-state index is 12.2. The number of nitrogens with zero attached hydrogens (tertiary/aromatic N) is 4. The summed E-state index contributed by atoms with van der Waals surface area (Å²) in [4.78, 5) is 21.0. The number of hydrogen-bond donors (Lipinski definition) is 1. The van der Waals surface area contributed by atoms with Crippen molar-refractivity contribution < 1.29 is 0 Å². The van der Waals surface area contributed by atoms with Gasteiger partial charge < -0.3 is 15.2 Å². The van der Waals surface area contributed by atoms with E-state index in [-0.39, 0.29) is 5.56 Å². The third kappa shape index (κ3) is 3.37. The highest BCUT2D eigenvalue weighted by molar-refractivity contribution is 5.36. The fourth-order valence-electron chi connectivity index (χ4n) is 2.56. The van der Waals surface area contributed by atoms with Gasteiger partial charge in [-0.3, -0.25) is 9.69 Å². The van der Waals surface area contributed by atoms with Gasteiger partial charge in [-0.25, -0.2) is 4.98 Å². The zero-order chi connectivity index (χ0) is 14.5. The van der Waals surface area contributed by atoms with Gasteiger partial charge in [0, 0.05) is 51.7 Å². The quantitative estimate of drug-likeness (QED) is 0.820. The Balaban J connectivity index is 1.99. The Morgan fingerprint density at radius 2 is 2.05 bits per heavy atom. The van der Waals surface area contributed by atoms with Gasteiger partial charge in [0.05, 0.1) is 0 Å². The van der Waals surface area contributed by atoms with Crippen LogP contribution in [0.2, 0.25) is 0 Å². The Morgan fingerprint density at radius 1 is 1.35 bits per heavy atom. The SMILES string of the molecule is CCn1ccnc(N2CCN(CC(C)CN)CC2)c1=O. The first-order valence-corrected chi connectivity index (χ1v) is 7.38. The van der Waals surface area contributed by atoms with Crippen LogP contribution < -0.4 is 16.2 Å². The van der Waals surface area contributed by atoms with Crippen molar-refractivity contribution in [2.75, 3.05) is 44.2 Å². The van der Waals surface area contributed by atoms with Gasteiger partial charge in [0.15, 0.2) is 5.82 Å². The van der Waals surface area contributed by atoms with Crippen LogP contribution in [-0.4, -0.2) is 53.7 Å². The van der Waals surface area contributed by atoms with Crippen LogP contribution in [0.5, 0.6) is 0 Å². The van der Waals surface area contributed by atoms with Gasteiger partial charge >= 0.3 is 0 Å². The average molecular weight is 279 g/mol. The van der Waals surface area contributed by atoms with Crippen LogP contribution >= 0.6 is 0 Å². The van der Waals surface area contributed by atoms with Crippen molar-refractivity contribution in [1.29, 1.82) is 0 Å². The number of piperazine rings is 1. The van der Waals surface area contributed by atoms with Crippen molar-refractivity contribution in [1.82, 2.24) is 14.5 Å². The largest absolute Gasteiger partial charge is 0.349 e. The summed E-state index contributed by atoms with van der Waals surface area (Å²) in [6.07, 6.45) is 3.45. The highest BCUT2D eigenvalue weighted by Crippen LogP contribution is 2.10. The second kappa shape index (κ2) is 6.85. The zero-order valence-electron chi connectivity index (χ0n) is 12.5. The van der Waals surface area contributed by atoms with Crippen molar-refractivity contribution in [2.45, 2.75) is 20.4 Å². The molecule has 2 rings (SSSR count). The van der Waals surface area contributed by atoms with Crippen LogP contribution in [0.3, 0.4) is 0 Å². The fraction of sp³-hybridized carbons (Fsp3) is 0.714. The molecule has 1 aromatic heterocycles. The van der Waals surface area contributed by atoms with Gasteiger partial charge in [-0.1, -0.05) is 6.92 Å². The van der Waals surface area contributed by atoms with Gasteiger partial charge in [-0.2, -0.15) is 0 Å². The van der Waals surface area contributed by atoms with E-state index in [2.05, 4.69) is 21.7 Å². The topological polar surface area (TPSA) is 67.4 Å². The predicted molar refractivity (Wildman–Crippen MR) is 81.0 cm³/mol. The smallest absolute Gasteiger partial charge is 0.293 e. The molecule has 0 radical (unpaired) electrons. The number of rotatable bonds is 5. The molecular formula is C14H25N5O. The number of anilines is 1. The lowest BCUT2D eigenvalue weighted by atomic mass is 10.1. The number of aromatic nitrogens is 2. The second-order valence-corrected chi connectivity index (χ2v) is 5.47. The van der Waals surface area contributed by atoms with Crippen LogP contribution in [0.15, 0.2) is 17.2 Å². The van der Waals surface area contributed by atoms with Gasteiger partial charge in [-0.05, 0) is 19.4 Å². The van der Waals surface area contributed by atoms with Gasteiger partial charge in [0.1, 0.15) is 0 Å². The highest BCUT2D eigenvalue weighted by Gasteiger charge is 2.21. The van der Waals surface area contributed by atoms with E-state index in [1.807, 2.05) is 6.92 Å². The molecule has 2 heterocycles. The fourth-order valence-corrected chi connectivity index (χ4v) is 2.56. The molecule has 1 unspecified atom stereocenters. The Bertz CT molecular complexity index is 479. The van der Waals surface area contributed by atoms with E-state index in [9.17, 15) is 4.79 Å². The first kappa shape index (κ1) is 15.0. The lowest BCUT2D eigenvalue weighted by molar-refractivity contribution is 0.226. The van der Waals surface area contributed by atoms with Crippen LogP contribution in [-0.2, 0) is 6.54 Å². The minimum absolute atomic E-state index is 0.0128. The molecule has 0 aromatic carbocycles. The Labute approximate surface area is 120 Å².